The molecule has 0 aliphatic rings. The number of esters is 1. The Balaban J connectivity index is 2.25. The number of rotatable bonds is 10. The van der Waals surface area contributed by atoms with Crippen molar-refractivity contribution in [2.24, 2.45) is 0 Å². The second-order valence-corrected chi connectivity index (χ2v) is 5.30. The number of nitrogens with zero attached hydrogens (tertiary/aromatic N) is 2. The molecule has 0 bridgehead atoms. The van der Waals surface area contributed by atoms with Gasteiger partial charge in [-0.15, -0.1) is 0 Å². The fourth-order valence-electron chi connectivity index (χ4n) is 1.72. The quantitative estimate of drug-likeness (QED) is 0.227. The number of nitro benzene ring substituents is 1. The van der Waals surface area contributed by atoms with Gasteiger partial charge in [0.2, 0.25) is 0 Å². The van der Waals surface area contributed by atoms with Crippen LogP contribution in [0.3, 0.4) is 0 Å². The van der Waals surface area contributed by atoms with Crippen molar-refractivity contribution >= 4 is 17.3 Å². The summed E-state index contributed by atoms with van der Waals surface area (Å²) < 4.78 is 10.1. The largest absolute Gasteiger partial charge is 0.460 e. The van der Waals surface area contributed by atoms with Gasteiger partial charge in [-0.2, -0.15) is 0 Å². The average molecular weight is 338 g/mol. The van der Waals surface area contributed by atoms with E-state index in [1.165, 1.54) is 19.1 Å². The maximum Gasteiger partial charge on any atom is 0.333 e. The molecule has 0 aromatic heterocycles. The number of nitro groups is 1. The molecule has 0 aliphatic carbocycles. The van der Waals surface area contributed by atoms with Crippen molar-refractivity contribution in [3.8, 4) is 0 Å². The molecule has 132 valence electrons. The van der Waals surface area contributed by atoms with Crippen LogP contribution >= 0.6 is 0 Å². The van der Waals surface area contributed by atoms with Gasteiger partial charge < -0.3 is 19.5 Å². The molecular formula is C16H22N2O6. The smallest absolute Gasteiger partial charge is 0.333 e. The zero-order valence-corrected chi connectivity index (χ0v) is 13.8. The maximum atomic E-state index is 11.2. The van der Waals surface area contributed by atoms with Gasteiger partial charge in [-0.25, -0.2) is 4.79 Å². The van der Waals surface area contributed by atoms with Crippen LogP contribution in [0.2, 0.25) is 0 Å². The molecule has 0 aliphatic heterocycles. The van der Waals surface area contributed by atoms with Crippen molar-refractivity contribution in [1.29, 1.82) is 0 Å². The van der Waals surface area contributed by atoms with Gasteiger partial charge in [-0.05, 0) is 19.1 Å². The van der Waals surface area contributed by atoms with Crippen LogP contribution in [0.25, 0.3) is 0 Å². The summed E-state index contributed by atoms with van der Waals surface area (Å²) in [5.41, 5.74) is 1.13. The number of likely N-dealkylation sites (N-methyl/N-ethyl adjacent to an activating group) is 1. The van der Waals surface area contributed by atoms with E-state index in [0.29, 0.717) is 13.2 Å². The van der Waals surface area contributed by atoms with Gasteiger partial charge in [0, 0.05) is 37.0 Å². The van der Waals surface area contributed by atoms with Crippen molar-refractivity contribution < 1.29 is 24.3 Å². The molecule has 1 rings (SSSR count). The van der Waals surface area contributed by atoms with Gasteiger partial charge in [-0.3, -0.25) is 10.1 Å². The second kappa shape index (κ2) is 9.64. The standard InChI is InChI=1S/C16H22N2O6/c1-12(2)16(20)24-11-15(19)10-23-9-8-17(3)13-4-6-14(7-5-13)18(21)22/h4-7,15,19H,1,8-11H2,2-3H3. The van der Waals surface area contributed by atoms with E-state index in [0.717, 1.165) is 5.69 Å². The molecule has 1 aromatic rings. The van der Waals surface area contributed by atoms with E-state index in [1.54, 1.807) is 12.1 Å². The highest BCUT2D eigenvalue weighted by Gasteiger charge is 2.10. The molecule has 0 saturated carbocycles. The minimum absolute atomic E-state index is 0.0378. The first kappa shape index (κ1) is 19.6. The van der Waals surface area contributed by atoms with Crippen molar-refractivity contribution in [3.05, 3.63) is 46.5 Å². The number of hydrogen-bond donors (Lipinski definition) is 1. The number of carbonyl (C=O) groups excluding carboxylic acids is 1. The molecule has 0 fully saturated rings. The minimum Gasteiger partial charge on any atom is -0.460 e. The highest BCUT2D eigenvalue weighted by atomic mass is 16.6. The molecular weight excluding hydrogens is 316 g/mol. The fourth-order valence-corrected chi connectivity index (χ4v) is 1.72. The van der Waals surface area contributed by atoms with Gasteiger partial charge in [0.25, 0.3) is 5.69 Å². The lowest BCUT2D eigenvalue weighted by Gasteiger charge is -2.19. The number of benzene rings is 1. The van der Waals surface area contributed by atoms with Crippen molar-refractivity contribution in [2.75, 3.05) is 38.3 Å². The van der Waals surface area contributed by atoms with Gasteiger partial charge in [0.15, 0.2) is 0 Å². The molecule has 1 N–H and O–H groups in total. The number of anilines is 1. The fraction of sp³-hybridized carbons (Fsp3) is 0.438. The Morgan fingerprint density at radius 1 is 1.38 bits per heavy atom. The third-order valence-corrected chi connectivity index (χ3v) is 3.14. The monoisotopic (exact) mass is 338 g/mol. The summed E-state index contributed by atoms with van der Waals surface area (Å²) in [6.45, 7) is 5.74. The molecule has 0 heterocycles. The van der Waals surface area contributed by atoms with E-state index in [-0.39, 0.29) is 24.5 Å². The highest BCUT2D eigenvalue weighted by molar-refractivity contribution is 5.86. The lowest BCUT2D eigenvalue weighted by molar-refractivity contribution is -0.384. The normalized spacial score (nSPS) is 11.6. The van der Waals surface area contributed by atoms with Crippen LogP contribution in [0.15, 0.2) is 36.4 Å². The van der Waals surface area contributed by atoms with Gasteiger partial charge >= 0.3 is 5.97 Å². The van der Waals surface area contributed by atoms with Gasteiger partial charge in [0.05, 0.1) is 18.1 Å². The molecule has 0 spiro atoms. The number of carbonyl (C=O) groups is 1. The number of ether oxygens (including phenoxy) is 2. The number of aliphatic hydroxyl groups excluding tert-OH is 1. The summed E-state index contributed by atoms with van der Waals surface area (Å²) in [7, 11) is 1.83. The van der Waals surface area contributed by atoms with Crippen LogP contribution in [-0.2, 0) is 14.3 Å². The summed E-state index contributed by atoms with van der Waals surface area (Å²) in [6, 6.07) is 6.19. The molecule has 0 saturated heterocycles. The van der Waals surface area contributed by atoms with Gasteiger partial charge in [0.1, 0.15) is 12.7 Å². The van der Waals surface area contributed by atoms with E-state index in [9.17, 15) is 20.0 Å². The summed E-state index contributed by atoms with van der Waals surface area (Å²) in [6.07, 6.45) is -0.905. The highest BCUT2D eigenvalue weighted by Crippen LogP contribution is 2.17. The van der Waals surface area contributed by atoms with Crippen LogP contribution in [0.4, 0.5) is 11.4 Å². The van der Waals surface area contributed by atoms with Crippen molar-refractivity contribution in [3.63, 3.8) is 0 Å². The molecule has 8 heteroatoms. The van der Waals surface area contributed by atoms with E-state index in [1.807, 2.05) is 11.9 Å². The van der Waals surface area contributed by atoms with E-state index in [4.69, 9.17) is 9.47 Å². The summed E-state index contributed by atoms with van der Waals surface area (Å²) >= 11 is 0. The molecule has 0 amide bonds. The molecule has 1 aromatic carbocycles. The Morgan fingerprint density at radius 2 is 2.00 bits per heavy atom. The third kappa shape index (κ3) is 6.76. The number of hydrogen-bond acceptors (Lipinski definition) is 7. The van der Waals surface area contributed by atoms with Crippen LogP contribution in [0.1, 0.15) is 6.92 Å². The third-order valence-electron chi connectivity index (χ3n) is 3.14. The van der Waals surface area contributed by atoms with Crippen LogP contribution in [-0.4, -0.2) is 55.5 Å². The first-order valence-corrected chi connectivity index (χ1v) is 7.35. The lowest BCUT2D eigenvalue weighted by Crippen LogP contribution is -2.27. The average Bonchev–Trinajstić information content (AvgIpc) is 2.56. The second-order valence-electron chi connectivity index (χ2n) is 5.30. The van der Waals surface area contributed by atoms with Gasteiger partial charge in [-0.1, -0.05) is 6.58 Å². The van der Waals surface area contributed by atoms with Crippen molar-refractivity contribution in [1.82, 2.24) is 0 Å². The Hall–Kier alpha value is -2.45. The van der Waals surface area contributed by atoms with Crippen LogP contribution in [0, 0.1) is 10.1 Å². The van der Waals surface area contributed by atoms with Crippen LogP contribution in [0.5, 0.6) is 0 Å². The summed E-state index contributed by atoms with van der Waals surface area (Å²) in [5.74, 6) is -0.549. The van der Waals surface area contributed by atoms with Crippen molar-refractivity contribution in [2.45, 2.75) is 13.0 Å². The summed E-state index contributed by atoms with van der Waals surface area (Å²) in [4.78, 5) is 23.2. The minimum atomic E-state index is -0.905. The Kier molecular flexibility index (Phi) is 7.87. The molecule has 24 heavy (non-hydrogen) atoms. The first-order chi connectivity index (χ1) is 11.3. The van der Waals surface area contributed by atoms with E-state index >= 15 is 0 Å². The first-order valence-electron chi connectivity index (χ1n) is 7.35. The molecule has 1 unspecified atom stereocenters. The lowest BCUT2D eigenvalue weighted by atomic mass is 10.2. The van der Waals surface area contributed by atoms with Crippen LogP contribution < -0.4 is 4.90 Å². The topological polar surface area (TPSA) is 102 Å². The molecule has 1 atom stereocenters. The Morgan fingerprint density at radius 3 is 2.54 bits per heavy atom. The predicted molar refractivity (Wildman–Crippen MR) is 89.0 cm³/mol. The van der Waals surface area contributed by atoms with E-state index in [2.05, 4.69) is 6.58 Å². The Labute approximate surface area is 140 Å². The molecule has 8 nitrogen and oxygen atoms in total. The summed E-state index contributed by atoms with van der Waals surface area (Å²) in [5, 5.41) is 20.2. The number of aliphatic hydroxyl groups is 1. The zero-order chi connectivity index (χ0) is 18.1. The number of non-ortho nitro benzene ring substituents is 1. The van der Waals surface area contributed by atoms with E-state index < -0.39 is 17.0 Å². The Bertz CT molecular complexity index is 572. The molecule has 0 radical (unpaired) electrons. The SMILES string of the molecule is C=C(C)C(=O)OCC(O)COCCN(C)c1ccc([N+](=O)[O-])cc1. The maximum absolute atomic E-state index is 11.2. The zero-order valence-electron chi connectivity index (χ0n) is 13.8. The predicted octanol–water partition coefficient (Wildman–Crippen LogP) is 1.53.